The highest BCUT2D eigenvalue weighted by molar-refractivity contribution is 5.46. The van der Waals surface area contributed by atoms with Gasteiger partial charge < -0.3 is 10.3 Å². The Labute approximate surface area is 91.4 Å². The maximum absolute atomic E-state index is 5.53. The van der Waals surface area contributed by atoms with Crippen LogP contribution >= 0.6 is 0 Å². The minimum Gasteiger partial charge on any atom is -0.366 e. The lowest BCUT2D eigenvalue weighted by Gasteiger charge is -2.04. The van der Waals surface area contributed by atoms with Gasteiger partial charge in [-0.15, -0.1) is 5.10 Å². The van der Waals surface area contributed by atoms with Gasteiger partial charge in [0.05, 0.1) is 11.9 Å². The van der Waals surface area contributed by atoms with E-state index in [2.05, 4.69) is 15.1 Å². The van der Waals surface area contributed by atoms with Crippen LogP contribution in [0.3, 0.4) is 0 Å². The van der Waals surface area contributed by atoms with Crippen molar-refractivity contribution in [1.82, 2.24) is 24.1 Å². The van der Waals surface area contributed by atoms with Crippen molar-refractivity contribution in [3.63, 3.8) is 0 Å². The molecule has 2 N–H and O–H groups in total. The number of rotatable bonds is 1. The SMILES string of the molecule is Cc1nccn1-c1ccc2nc(N)nn2c1. The third-order valence-corrected chi connectivity index (χ3v) is 2.44. The second-order valence-electron chi connectivity index (χ2n) is 3.50. The molecule has 16 heavy (non-hydrogen) atoms. The summed E-state index contributed by atoms with van der Waals surface area (Å²) in [6, 6.07) is 3.83. The van der Waals surface area contributed by atoms with Gasteiger partial charge >= 0.3 is 0 Å². The van der Waals surface area contributed by atoms with Crippen molar-refractivity contribution in [2.75, 3.05) is 5.73 Å². The van der Waals surface area contributed by atoms with Gasteiger partial charge in [-0.1, -0.05) is 0 Å². The highest BCUT2D eigenvalue weighted by Gasteiger charge is 2.04. The van der Waals surface area contributed by atoms with Crippen molar-refractivity contribution in [1.29, 1.82) is 0 Å². The fourth-order valence-electron chi connectivity index (χ4n) is 1.68. The number of imidazole rings is 1. The largest absolute Gasteiger partial charge is 0.366 e. The Hall–Kier alpha value is -2.37. The maximum Gasteiger partial charge on any atom is 0.240 e. The van der Waals surface area contributed by atoms with Crippen molar-refractivity contribution in [3.8, 4) is 5.69 Å². The monoisotopic (exact) mass is 214 g/mol. The molecule has 3 heterocycles. The first kappa shape index (κ1) is 8.90. The Morgan fingerprint density at radius 3 is 2.94 bits per heavy atom. The van der Waals surface area contributed by atoms with Crippen molar-refractivity contribution < 1.29 is 0 Å². The fourth-order valence-corrected chi connectivity index (χ4v) is 1.68. The quantitative estimate of drug-likeness (QED) is 0.650. The van der Waals surface area contributed by atoms with Crippen molar-refractivity contribution in [3.05, 3.63) is 36.5 Å². The molecule has 0 aliphatic heterocycles. The number of nitrogens with two attached hydrogens (primary N) is 1. The number of fused-ring (bicyclic) bond motifs is 1. The van der Waals surface area contributed by atoms with Crippen LogP contribution in [-0.4, -0.2) is 24.1 Å². The third-order valence-electron chi connectivity index (χ3n) is 2.44. The van der Waals surface area contributed by atoms with Gasteiger partial charge in [0.1, 0.15) is 5.82 Å². The van der Waals surface area contributed by atoms with Crippen LogP contribution in [0.25, 0.3) is 11.3 Å². The van der Waals surface area contributed by atoms with Crippen LogP contribution in [-0.2, 0) is 0 Å². The normalized spacial score (nSPS) is 11.1. The number of anilines is 1. The summed E-state index contributed by atoms with van der Waals surface area (Å²) in [5, 5.41) is 4.06. The molecular weight excluding hydrogens is 204 g/mol. The summed E-state index contributed by atoms with van der Waals surface area (Å²) in [6.45, 7) is 1.94. The lowest BCUT2D eigenvalue weighted by atomic mass is 10.4. The van der Waals surface area contributed by atoms with Crippen LogP contribution in [0.5, 0.6) is 0 Å². The molecule has 0 saturated carbocycles. The predicted octanol–water partition coefficient (Wildman–Crippen LogP) is 0.806. The van der Waals surface area contributed by atoms with Crippen LogP contribution in [0.15, 0.2) is 30.7 Å². The molecular formula is C10H10N6. The molecule has 0 bridgehead atoms. The number of aryl methyl sites for hydroxylation is 1. The van der Waals surface area contributed by atoms with Crippen molar-refractivity contribution in [2.45, 2.75) is 6.92 Å². The molecule has 0 aliphatic rings. The molecule has 0 aromatic carbocycles. The van der Waals surface area contributed by atoms with E-state index < -0.39 is 0 Å². The molecule has 3 aromatic rings. The van der Waals surface area contributed by atoms with E-state index in [4.69, 9.17) is 5.73 Å². The van der Waals surface area contributed by atoms with Crippen LogP contribution in [0.1, 0.15) is 5.82 Å². The van der Waals surface area contributed by atoms with E-state index in [-0.39, 0.29) is 5.95 Å². The minimum absolute atomic E-state index is 0.277. The summed E-state index contributed by atoms with van der Waals surface area (Å²) in [5.41, 5.74) is 7.24. The molecule has 0 fully saturated rings. The van der Waals surface area contributed by atoms with Crippen molar-refractivity contribution in [2.24, 2.45) is 0 Å². The first-order valence-corrected chi connectivity index (χ1v) is 4.86. The van der Waals surface area contributed by atoms with E-state index >= 15 is 0 Å². The van der Waals surface area contributed by atoms with E-state index in [1.165, 1.54) is 0 Å². The summed E-state index contributed by atoms with van der Waals surface area (Å²) in [4.78, 5) is 8.23. The molecule has 0 unspecified atom stereocenters. The van der Waals surface area contributed by atoms with Crippen LogP contribution < -0.4 is 5.73 Å². The lowest BCUT2D eigenvalue weighted by molar-refractivity contribution is 0.915. The zero-order chi connectivity index (χ0) is 11.1. The summed E-state index contributed by atoms with van der Waals surface area (Å²) in [6.07, 6.45) is 5.53. The van der Waals surface area contributed by atoms with Crippen LogP contribution in [0.2, 0.25) is 0 Å². The van der Waals surface area contributed by atoms with E-state index in [0.29, 0.717) is 0 Å². The highest BCUT2D eigenvalue weighted by Crippen LogP contribution is 2.11. The molecule has 6 nitrogen and oxygen atoms in total. The number of nitrogens with zero attached hydrogens (tertiary/aromatic N) is 5. The summed E-state index contributed by atoms with van der Waals surface area (Å²) < 4.78 is 3.63. The molecule has 0 radical (unpaired) electrons. The standard InChI is InChI=1S/C10H10N6/c1-7-12-4-5-15(7)8-2-3-9-13-10(11)14-16(9)6-8/h2-6H,1H3,(H2,11,14). The molecule has 0 atom stereocenters. The predicted molar refractivity (Wildman–Crippen MR) is 59.3 cm³/mol. The molecule has 0 amide bonds. The second-order valence-corrected chi connectivity index (χ2v) is 3.50. The van der Waals surface area contributed by atoms with E-state index in [1.807, 2.05) is 36.0 Å². The number of hydrogen-bond acceptors (Lipinski definition) is 4. The Bertz CT molecular complexity index is 650. The van der Waals surface area contributed by atoms with Gasteiger partial charge in [-0.2, -0.15) is 4.98 Å². The number of aromatic nitrogens is 5. The van der Waals surface area contributed by atoms with Crippen LogP contribution in [0, 0.1) is 6.92 Å². The van der Waals surface area contributed by atoms with E-state index in [0.717, 1.165) is 17.2 Å². The Balaban J connectivity index is 2.22. The van der Waals surface area contributed by atoms with E-state index in [1.54, 1.807) is 10.7 Å². The highest BCUT2D eigenvalue weighted by atomic mass is 15.3. The molecule has 6 heteroatoms. The van der Waals surface area contributed by atoms with Gasteiger partial charge in [0.2, 0.25) is 5.95 Å². The number of nitrogen functional groups attached to an aromatic ring is 1. The van der Waals surface area contributed by atoms with Gasteiger partial charge in [-0.25, -0.2) is 9.50 Å². The second kappa shape index (κ2) is 3.06. The maximum atomic E-state index is 5.53. The topological polar surface area (TPSA) is 74.0 Å². The Kier molecular flexibility index (Phi) is 1.70. The molecule has 3 aromatic heterocycles. The third kappa shape index (κ3) is 1.23. The first-order chi connectivity index (χ1) is 7.74. The molecule has 0 aliphatic carbocycles. The number of pyridine rings is 1. The van der Waals surface area contributed by atoms with Gasteiger partial charge in [0.15, 0.2) is 5.65 Å². The number of hydrogen-bond donors (Lipinski definition) is 1. The molecule has 3 rings (SSSR count). The van der Waals surface area contributed by atoms with Gasteiger partial charge in [0.25, 0.3) is 0 Å². The minimum atomic E-state index is 0.277. The Morgan fingerprint density at radius 2 is 2.19 bits per heavy atom. The molecule has 0 saturated heterocycles. The van der Waals surface area contributed by atoms with Gasteiger partial charge in [0, 0.05) is 12.4 Å². The smallest absolute Gasteiger partial charge is 0.240 e. The molecule has 80 valence electrons. The summed E-state index contributed by atoms with van der Waals surface area (Å²) in [5.74, 6) is 1.20. The lowest BCUT2D eigenvalue weighted by Crippen LogP contribution is -1.98. The van der Waals surface area contributed by atoms with Crippen LogP contribution in [0.4, 0.5) is 5.95 Å². The molecule has 0 spiro atoms. The summed E-state index contributed by atoms with van der Waals surface area (Å²) in [7, 11) is 0. The summed E-state index contributed by atoms with van der Waals surface area (Å²) >= 11 is 0. The fraction of sp³-hybridized carbons (Fsp3) is 0.100. The van der Waals surface area contributed by atoms with Gasteiger partial charge in [-0.3, -0.25) is 0 Å². The zero-order valence-corrected chi connectivity index (χ0v) is 8.70. The average molecular weight is 214 g/mol. The average Bonchev–Trinajstić information content (AvgIpc) is 2.81. The van der Waals surface area contributed by atoms with Gasteiger partial charge in [-0.05, 0) is 19.1 Å². The zero-order valence-electron chi connectivity index (χ0n) is 8.70. The Morgan fingerprint density at radius 1 is 1.31 bits per heavy atom. The van der Waals surface area contributed by atoms with E-state index in [9.17, 15) is 0 Å². The van der Waals surface area contributed by atoms with Crippen molar-refractivity contribution >= 4 is 11.6 Å². The first-order valence-electron chi connectivity index (χ1n) is 4.86.